The highest BCUT2D eigenvalue weighted by atomic mass is 32.2. The van der Waals surface area contributed by atoms with E-state index in [9.17, 15) is 9.59 Å². The Bertz CT molecular complexity index is 912. The largest absolute Gasteiger partial charge is 0.495 e. The van der Waals surface area contributed by atoms with Gasteiger partial charge in [0.25, 0.3) is 0 Å². The molecule has 2 atom stereocenters. The van der Waals surface area contributed by atoms with Crippen LogP contribution in [-0.2, 0) is 9.59 Å². The van der Waals surface area contributed by atoms with Crippen LogP contribution in [0.15, 0.2) is 53.5 Å². The molecular weight excluding hydrogens is 386 g/mol. The number of anilines is 1. The van der Waals surface area contributed by atoms with Gasteiger partial charge in [-0.3, -0.25) is 9.59 Å². The van der Waals surface area contributed by atoms with Gasteiger partial charge in [-0.1, -0.05) is 49.9 Å². The molecule has 2 aromatic rings. The van der Waals surface area contributed by atoms with Gasteiger partial charge in [-0.25, -0.2) is 4.99 Å². The lowest BCUT2D eigenvalue weighted by Gasteiger charge is -2.10. The van der Waals surface area contributed by atoms with E-state index in [1.165, 1.54) is 17.3 Å². The zero-order valence-electron chi connectivity index (χ0n) is 16.8. The number of hydrogen-bond acceptors (Lipinski definition) is 5. The predicted octanol–water partition coefficient (Wildman–Crippen LogP) is 4.46. The summed E-state index contributed by atoms with van der Waals surface area (Å²) in [5.74, 6) is 0.623. The molecule has 6 nitrogen and oxygen atoms in total. The highest BCUT2D eigenvalue weighted by Crippen LogP contribution is 2.28. The third-order valence-electron chi connectivity index (χ3n) is 4.83. The van der Waals surface area contributed by atoms with E-state index in [0.717, 1.165) is 12.1 Å². The first kappa shape index (κ1) is 20.9. The summed E-state index contributed by atoms with van der Waals surface area (Å²) in [4.78, 5) is 29.1. The topological polar surface area (TPSA) is 79.8 Å². The van der Waals surface area contributed by atoms with Crippen LogP contribution >= 0.6 is 11.8 Å². The lowest BCUT2D eigenvalue weighted by molar-refractivity contribution is -0.122. The van der Waals surface area contributed by atoms with Gasteiger partial charge >= 0.3 is 0 Å². The van der Waals surface area contributed by atoms with Gasteiger partial charge in [0.05, 0.1) is 18.5 Å². The lowest BCUT2D eigenvalue weighted by atomic mass is 9.99. The van der Waals surface area contributed by atoms with Crippen LogP contribution in [0.5, 0.6) is 5.75 Å². The minimum atomic E-state index is -0.511. The van der Waals surface area contributed by atoms with Gasteiger partial charge < -0.3 is 15.4 Å². The van der Waals surface area contributed by atoms with Crippen molar-refractivity contribution in [2.24, 2.45) is 4.99 Å². The maximum Gasteiger partial charge on any atom is 0.240 e. The van der Waals surface area contributed by atoms with Crippen LogP contribution in [0, 0.1) is 0 Å². The number of para-hydroxylation sites is 2. The third kappa shape index (κ3) is 5.38. The van der Waals surface area contributed by atoms with Crippen LogP contribution in [0.25, 0.3) is 0 Å². The number of ether oxygens (including phenoxy) is 1. The van der Waals surface area contributed by atoms with Gasteiger partial charge in [-0.05, 0) is 42.2 Å². The molecule has 0 radical (unpaired) electrons. The van der Waals surface area contributed by atoms with Gasteiger partial charge in [-0.15, -0.1) is 0 Å². The molecule has 3 rings (SSSR count). The average Bonchev–Trinajstić information content (AvgIpc) is 3.06. The Morgan fingerprint density at radius 2 is 1.97 bits per heavy atom. The van der Waals surface area contributed by atoms with Crippen molar-refractivity contribution < 1.29 is 14.3 Å². The van der Waals surface area contributed by atoms with E-state index < -0.39 is 5.25 Å². The molecule has 152 valence electrons. The number of hydrogen-bond donors (Lipinski definition) is 2. The normalized spacial score (nSPS) is 18.4. The molecule has 1 aliphatic rings. The number of nitrogens with one attached hydrogen (secondary N) is 2. The van der Waals surface area contributed by atoms with Crippen molar-refractivity contribution in [2.45, 2.75) is 37.9 Å². The van der Waals surface area contributed by atoms with Crippen LogP contribution in [0.2, 0.25) is 0 Å². The molecule has 0 unspecified atom stereocenters. The van der Waals surface area contributed by atoms with Crippen LogP contribution < -0.4 is 15.4 Å². The first-order chi connectivity index (χ1) is 14.0. The van der Waals surface area contributed by atoms with Crippen molar-refractivity contribution in [1.29, 1.82) is 0 Å². The van der Waals surface area contributed by atoms with E-state index in [1.54, 1.807) is 19.2 Å². The van der Waals surface area contributed by atoms with Gasteiger partial charge in [0, 0.05) is 6.42 Å². The van der Waals surface area contributed by atoms with E-state index in [2.05, 4.69) is 41.6 Å². The summed E-state index contributed by atoms with van der Waals surface area (Å²) >= 11 is 1.27. The number of methoxy groups -OCH3 is 1. The molecule has 0 spiro atoms. The Morgan fingerprint density at radius 3 is 2.66 bits per heavy atom. The number of amidine groups is 1. The smallest absolute Gasteiger partial charge is 0.240 e. The van der Waals surface area contributed by atoms with Gasteiger partial charge in [-0.2, -0.15) is 0 Å². The van der Waals surface area contributed by atoms with Crippen LogP contribution in [-0.4, -0.2) is 29.3 Å². The molecule has 1 saturated heterocycles. The molecule has 0 aromatic heterocycles. The fourth-order valence-corrected chi connectivity index (χ4v) is 3.93. The van der Waals surface area contributed by atoms with Crippen molar-refractivity contribution >= 4 is 40.1 Å². The average molecular weight is 412 g/mol. The number of carbonyl (C=O) groups excluding carboxylic acids is 2. The van der Waals surface area contributed by atoms with Gasteiger partial charge in [0.1, 0.15) is 11.0 Å². The lowest BCUT2D eigenvalue weighted by Crippen LogP contribution is -2.28. The van der Waals surface area contributed by atoms with E-state index in [-0.39, 0.29) is 18.2 Å². The van der Waals surface area contributed by atoms with E-state index in [1.807, 2.05) is 24.3 Å². The first-order valence-electron chi connectivity index (χ1n) is 9.59. The molecule has 0 saturated carbocycles. The standard InChI is InChI=1S/C22H25N3O3S/c1-4-14(2)15-9-11-16(12-10-15)23-22-25-21(27)19(29-22)13-20(26)24-17-7-5-6-8-18(17)28-3/h5-12,14,19H,4,13H2,1-3H3,(H,24,26)(H,23,25,27)/t14-,19-/m0/s1. The zero-order valence-corrected chi connectivity index (χ0v) is 17.6. The quantitative estimate of drug-likeness (QED) is 0.705. The predicted molar refractivity (Wildman–Crippen MR) is 118 cm³/mol. The monoisotopic (exact) mass is 411 g/mol. The highest BCUT2D eigenvalue weighted by Gasteiger charge is 2.32. The second-order valence-electron chi connectivity index (χ2n) is 6.87. The van der Waals surface area contributed by atoms with E-state index in [4.69, 9.17) is 4.74 Å². The molecule has 0 bridgehead atoms. The fraction of sp³-hybridized carbons (Fsp3) is 0.318. The maximum absolute atomic E-state index is 12.4. The molecular formula is C22H25N3O3S. The number of carbonyl (C=O) groups is 2. The maximum atomic E-state index is 12.4. The highest BCUT2D eigenvalue weighted by molar-refractivity contribution is 8.15. The molecule has 2 N–H and O–H groups in total. The Labute approximate surface area is 175 Å². The number of aliphatic imine (C=N–C) groups is 1. The van der Waals surface area contributed by atoms with Crippen LogP contribution in [0.4, 0.5) is 11.4 Å². The number of amides is 2. The van der Waals surface area contributed by atoms with Crippen molar-refractivity contribution in [3.63, 3.8) is 0 Å². The molecule has 0 aliphatic carbocycles. The summed E-state index contributed by atoms with van der Waals surface area (Å²) in [6.45, 7) is 4.35. The zero-order chi connectivity index (χ0) is 20.8. The van der Waals surface area contributed by atoms with Crippen LogP contribution in [0.3, 0.4) is 0 Å². The number of benzene rings is 2. The molecule has 2 amide bonds. The Balaban J connectivity index is 1.61. The van der Waals surface area contributed by atoms with Crippen molar-refractivity contribution in [2.75, 3.05) is 12.4 Å². The van der Waals surface area contributed by atoms with E-state index in [0.29, 0.717) is 22.5 Å². The van der Waals surface area contributed by atoms with Crippen molar-refractivity contribution in [3.8, 4) is 5.75 Å². The SMILES string of the molecule is CC[C@H](C)c1ccc(N=C2NC(=O)[C@H](CC(=O)Nc3ccccc3OC)S2)cc1. The number of nitrogens with zero attached hydrogens (tertiary/aromatic N) is 1. The minimum absolute atomic E-state index is 0.0561. The Morgan fingerprint density at radius 1 is 1.24 bits per heavy atom. The Hall–Kier alpha value is -2.80. The number of thioether (sulfide) groups is 1. The molecule has 2 aromatic carbocycles. The molecule has 7 heteroatoms. The van der Waals surface area contributed by atoms with Crippen LogP contribution in [0.1, 0.15) is 38.2 Å². The number of rotatable bonds is 7. The van der Waals surface area contributed by atoms with Crippen molar-refractivity contribution in [1.82, 2.24) is 5.32 Å². The second kappa shape index (κ2) is 9.60. The summed E-state index contributed by atoms with van der Waals surface area (Å²) in [5.41, 5.74) is 2.63. The summed E-state index contributed by atoms with van der Waals surface area (Å²) in [7, 11) is 1.55. The first-order valence-corrected chi connectivity index (χ1v) is 10.5. The fourth-order valence-electron chi connectivity index (χ4n) is 2.94. The Kier molecular flexibility index (Phi) is 6.93. The van der Waals surface area contributed by atoms with Gasteiger partial charge in [0.2, 0.25) is 11.8 Å². The molecule has 1 fully saturated rings. The van der Waals surface area contributed by atoms with E-state index >= 15 is 0 Å². The minimum Gasteiger partial charge on any atom is -0.495 e. The summed E-state index contributed by atoms with van der Waals surface area (Å²) in [6, 6.07) is 15.2. The summed E-state index contributed by atoms with van der Waals surface area (Å²) < 4.78 is 5.23. The summed E-state index contributed by atoms with van der Waals surface area (Å²) in [5, 5.41) is 5.56. The summed E-state index contributed by atoms with van der Waals surface area (Å²) in [6.07, 6.45) is 1.14. The third-order valence-corrected chi connectivity index (χ3v) is 5.92. The molecule has 29 heavy (non-hydrogen) atoms. The van der Waals surface area contributed by atoms with Gasteiger partial charge in [0.15, 0.2) is 5.17 Å². The second-order valence-corrected chi connectivity index (χ2v) is 8.06. The molecule has 1 heterocycles. The van der Waals surface area contributed by atoms with Crippen molar-refractivity contribution in [3.05, 3.63) is 54.1 Å². The molecule has 1 aliphatic heterocycles.